The van der Waals surface area contributed by atoms with Gasteiger partial charge in [0.2, 0.25) is 10.0 Å². The lowest BCUT2D eigenvalue weighted by molar-refractivity contribution is 0.122. The van der Waals surface area contributed by atoms with Crippen LogP contribution in [0.4, 0.5) is 11.6 Å². The maximum Gasteiger partial charge on any atom is 0.244 e. The normalized spacial score (nSPS) is 18.6. The summed E-state index contributed by atoms with van der Waals surface area (Å²) in [6.07, 6.45) is 0. The van der Waals surface area contributed by atoms with Gasteiger partial charge in [-0.3, -0.25) is 0 Å². The lowest BCUT2D eigenvalue weighted by Crippen LogP contribution is -2.49. The summed E-state index contributed by atoms with van der Waals surface area (Å²) in [6, 6.07) is 6.89. The molecule has 11 heteroatoms. The monoisotopic (exact) mass is 471 g/mol. The van der Waals surface area contributed by atoms with Crippen molar-refractivity contribution in [2.24, 2.45) is 0 Å². The quantitative estimate of drug-likeness (QED) is 0.677. The molecule has 8 nitrogen and oxygen atoms in total. The van der Waals surface area contributed by atoms with Crippen molar-refractivity contribution in [1.29, 1.82) is 0 Å². The first kappa shape index (κ1) is 21.6. The van der Waals surface area contributed by atoms with E-state index in [4.69, 9.17) is 27.9 Å². The first-order valence-corrected chi connectivity index (χ1v) is 11.9. The third-order valence-corrected chi connectivity index (χ3v) is 8.14. The van der Waals surface area contributed by atoms with Crippen molar-refractivity contribution in [3.63, 3.8) is 0 Å². The molecule has 0 radical (unpaired) electrons. The molecule has 2 saturated heterocycles. The van der Waals surface area contributed by atoms with E-state index in [0.29, 0.717) is 50.0 Å². The van der Waals surface area contributed by atoms with E-state index in [0.717, 1.165) is 24.7 Å². The number of hydrogen-bond donors (Lipinski definition) is 0. The van der Waals surface area contributed by atoms with Gasteiger partial charge in [-0.25, -0.2) is 8.42 Å². The van der Waals surface area contributed by atoms with E-state index >= 15 is 0 Å². The highest BCUT2D eigenvalue weighted by atomic mass is 35.5. The molecule has 1 aromatic carbocycles. The van der Waals surface area contributed by atoms with Gasteiger partial charge in [-0.15, -0.1) is 10.2 Å². The number of hydrogen-bond acceptors (Lipinski definition) is 7. The van der Waals surface area contributed by atoms with Gasteiger partial charge in [0, 0.05) is 44.3 Å². The molecular formula is C19H23Cl2N5O3S. The maximum atomic E-state index is 13.1. The van der Waals surface area contributed by atoms with Crippen LogP contribution in [0.1, 0.15) is 5.56 Å². The zero-order valence-corrected chi connectivity index (χ0v) is 18.9. The number of aryl methyl sites for hydroxylation is 1. The molecule has 30 heavy (non-hydrogen) atoms. The van der Waals surface area contributed by atoms with Crippen LogP contribution in [-0.2, 0) is 14.8 Å². The molecule has 2 aliphatic heterocycles. The highest BCUT2D eigenvalue weighted by Crippen LogP contribution is 2.31. The number of ether oxygens (including phenoxy) is 1. The summed E-state index contributed by atoms with van der Waals surface area (Å²) in [5.41, 5.74) is 0.675. The molecule has 0 N–H and O–H groups in total. The fourth-order valence-corrected chi connectivity index (χ4v) is 5.80. The van der Waals surface area contributed by atoms with Crippen molar-refractivity contribution in [3.05, 3.63) is 39.9 Å². The molecule has 4 rings (SSSR count). The van der Waals surface area contributed by atoms with Gasteiger partial charge in [-0.1, -0.05) is 23.2 Å². The average molecular weight is 472 g/mol. The molecule has 0 aliphatic carbocycles. The van der Waals surface area contributed by atoms with Gasteiger partial charge in [-0.05, 0) is 36.8 Å². The summed E-state index contributed by atoms with van der Waals surface area (Å²) in [7, 11) is -3.70. The Bertz CT molecular complexity index is 1010. The van der Waals surface area contributed by atoms with Gasteiger partial charge in [0.05, 0.1) is 18.2 Å². The zero-order chi connectivity index (χ0) is 21.3. The summed E-state index contributed by atoms with van der Waals surface area (Å²) < 4.78 is 33.0. The van der Waals surface area contributed by atoms with E-state index in [1.807, 2.05) is 17.0 Å². The Kier molecular flexibility index (Phi) is 6.36. The van der Waals surface area contributed by atoms with Crippen LogP contribution in [0.25, 0.3) is 0 Å². The highest BCUT2D eigenvalue weighted by Gasteiger charge is 2.31. The number of benzene rings is 1. The summed E-state index contributed by atoms with van der Waals surface area (Å²) in [5, 5.41) is 9.27. The number of rotatable bonds is 4. The summed E-state index contributed by atoms with van der Waals surface area (Å²) in [5.74, 6) is 1.57. The molecule has 0 spiro atoms. The van der Waals surface area contributed by atoms with Crippen molar-refractivity contribution < 1.29 is 13.2 Å². The molecule has 0 unspecified atom stereocenters. The molecule has 0 amide bonds. The molecule has 1 aromatic heterocycles. The maximum absolute atomic E-state index is 13.1. The van der Waals surface area contributed by atoms with Crippen LogP contribution in [-0.4, -0.2) is 75.4 Å². The average Bonchev–Trinajstić information content (AvgIpc) is 2.77. The number of aromatic nitrogens is 2. The molecule has 162 valence electrons. The van der Waals surface area contributed by atoms with Gasteiger partial charge in [0.25, 0.3) is 0 Å². The second-order valence-corrected chi connectivity index (χ2v) is 9.99. The third kappa shape index (κ3) is 4.36. The van der Waals surface area contributed by atoms with E-state index in [1.165, 1.54) is 16.4 Å². The Morgan fingerprint density at radius 2 is 1.43 bits per heavy atom. The van der Waals surface area contributed by atoms with Crippen molar-refractivity contribution >= 4 is 44.9 Å². The first-order valence-electron chi connectivity index (χ1n) is 9.73. The summed E-state index contributed by atoms with van der Waals surface area (Å²) in [4.78, 5) is 4.27. The highest BCUT2D eigenvalue weighted by molar-refractivity contribution is 7.89. The predicted molar refractivity (Wildman–Crippen MR) is 117 cm³/mol. The minimum absolute atomic E-state index is 0.0918. The van der Waals surface area contributed by atoms with Crippen LogP contribution in [0.2, 0.25) is 10.0 Å². The second kappa shape index (κ2) is 8.84. The summed E-state index contributed by atoms with van der Waals surface area (Å²) in [6.45, 7) is 6.47. The molecule has 3 heterocycles. The molecule has 2 aliphatic rings. The first-order chi connectivity index (χ1) is 14.4. The number of nitrogens with zero attached hydrogens (tertiary/aromatic N) is 5. The standard InChI is InChI=1S/C19H23Cl2N5O3S/c1-14-12-17(16(21)13-15(14)20)30(27,28)26-6-4-24(5-7-26)18-2-3-19(23-22-18)25-8-10-29-11-9-25/h2-3,12-13H,4-11H2,1H3. The number of morpholine rings is 1. The van der Waals surface area contributed by atoms with Gasteiger partial charge in [0.15, 0.2) is 11.6 Å². The molecular weight excluding hydrogens is 449 g/mol. The number of halogens is 2. The lowest BCUT2D eigenvalue weighted by atomic mass is 10.2. The third-order valence-electron chi connectivity index (χ3n) is 5.37. The van der Waals surface area contributed by atoms with Crippen LogP contribution in [0.3, 0.4) is 0 Å². The Labute approximate surface area is 186 Å². The molecule has 2 aromatic rings. The van der Waals surface area contributed by atoms with Crippen LogP contribution in [0.5, 0.6) is 0 Å². The Hall–Kier alpha value is -1.65. The smallest absolute Gasteiger partial charge is 0.244 e. The number of sulfonamides is 1. The Morgan fingerprint density at radius 1 is 0.867 bits per heavy atom. The Balaban J connectivity index is 1.43. The Morgan fingerprint density at radius 3 is 2.00 bits per heavy atom. The minimum atomic E-state index is -3.70. The van der Waals surface area contributed by atoms with Crippen molar-refractivity contribution in [2.75, 3.05) is 62.3 Å². The van der Waals surface area contributed by atoms with E-state index < -0.39 is 10.0 Å². The molecule has 0 bridgehead atoms. The number of anilines is 2. The van der Waals surface area contributed by atoms with E-state index in [9.17, 15) is 8.42 Å². The fourth-order valence-electron chi connectivity index (χ4n) is 3.57. The van der Waals surface area contributed by atoms with Crippen molar-refractivity contribution in [3.8, 4) is 0 Å². The van der Waals surface area contributed by atoms with Crippen LogP contribution >= 0.6 is 23.2 Å². The molecule has 0 atom stereocenters. The largest absolute Gasteiger partial charge is 0.378 e. The van der Waals surface area contributed by atoms with E-state index in [-0.39, 0.29) is 9.92 Å². The zero-order valence-electron chi connectivity index (χ0n) is 16.6. The fraction of sp³-hybridized carbons (Fsp3) is 0.474. The van der Waals surface area contributed by atoms with Crippen molar-refractivity contribution in [1.82, 2.24) is 14.5 Å². The SMILES string of the molecule is Cc1cc(S(=O)(=O)N2CCN(c3ccc(N4CCOCC4)nn3)CC2)c(Cl)cc1Cl. The second-order valence-electron chi connectivity index (χ2n) is 7.27. The minimum Gasteiger partial charge on any atom is -0.378 e. The van der Waals surface area contributed by atoms with Gasteiger partial charge >= 0.3 is 0 Å². The van der Waals surface area contributed by atoms with Crippen LogP contribution < -0.4 is 9.80 Å². The predicted octanol–water partition coefficient (Wildman–Crippen LogP) is 2.44. The van der Waals surface area contributed by atoms with E-state index in [2.05, 4.69) is 15.1 Å². The van der Waals surface area contributed by atoms with Gasteiger partial charge in [-0.2, -0.15) is 4.31 Å². The summed E-state index contributed by atoms with van der Waals surface area (Å²) >= 11 is 12.2. The molecule has 0 saturated carbocycles. The van der Waals surface area contributed by atoms with E-state index in [1.54, 1.807) is 6.92 Å². The van der Waals surface area contributed by atoms with Gasteiger partial charge in [0.1, 0.15) is 4.90 Å². The number of piperazine rings is 1. The van der Waals surface area contributed by atoms with Crippen LogP contribution in [0.15, 0.2) is 29.2 Å². The van der Waals surface area contributed by atoms with Crippen molar-refractivity contribution in [2.45, 2.75) is 11.8 Å². The molecule has 2 fully saturated rings. The topological polar surface area (TPSA) is 78.9 Å². The lowest BCUT2D eigenvalue weighted by Gasteiger charge is -2.35. The van der Waals surface area contributed by atoms with Crippen LogP contribution in [0, 0.1) is 6.92 Å². The van der Waals surface area contributed by atoms with Gasteiger partial charge < -0.3 is 14.5 Å².